The molecule has 1 unspecified atom stereocenters. The zero-order chi connectivity index (χ0) is 31.1. The topological polar surface area (TPSA) is 164 Å². The molecular weight excluding hydrogens is 623 g/mol. The number of carbonyl (C=O) groups excluding carboxylic acids is 2. The number of carbonyl (C=O) groups is 2. The zero-order valence-electron chi connectivity index (χ0n) is 22.7. The summed E-state index contributed by atoms with van der Waals surface area (Å²) in [5.41, 5.74) is 0.675. The Morgan fingerprint density at radius 2 is 1.86 bits per heavy atom. The van der Waals surface area contributed by atoms with Crippen molar-refractivity contribution in [1.82, 2.24) is 9.88 Å². The number of rotatable bonds is 8. The highest BCUT2D eigenvalue weighted by atomic mass is 35.5. The minimum absolute atomic E-state index is 0.0632. The van der Waals surface area contributed by atoms with Crippen LogP contribution in [0.2, 0.25) is 10.0 Å². The Kier molecular flexibility index (Phi) is 8.27. The van der Waals surface area contributed by atoms with Gasteiger partial charge in [0, 0.05) is 36.4 Å². The first kappa shape index (κ1) is 30.2. The normalized spacial score (nSPS) is 16.4. The Bertz CT molecular complexity index is 1760. The molecule has 0 bridgehead atoms. The average Bonchev–Trinajstić information content (AvgIpc) is 3.73. The Balaban J connectivity index is 1.45. The van der Waals surface area contributed by atoms with E-state index in [1.165, 1.54) is 18.3 Å². The van der Waals surface area contributed by atoms with Gasteiger partial charge in [-0.15, -0.1) is 5.10 Å². The molecule has 16 heteroatoms. The van der Waals surface area contributed by atoms with Gasteiger partial charge in [0.15, 0.2) is 5.82 Å². The van der Waals surface area contributed by atoms with Gasteiger partial charge in [-0.25, -0.2) is 9.99 Å². The summed E-state index contributed by atoms with van der Waals surface area (Å²) < 4.78 is 31.2. The van der Waals surface area contributed by atoms with Gasteiger partial charge >= 0.3 is 10.1 Å². The van der Waals surface area contributed by atoms with E-state index in [0.29, 0.717) is 10.6 Å². The molecule has 13 nitrogen and oxygen atoms in total. The van der Waals surface area contributed by atoms with Gasteiger partial charge in [-0.05, 0) is 61.7 Å². The molecule has 2 aromatic carbocycles. The lowest BCUT2D eigenvalue weighted by Gasteiger charge is -2.24. The molecule has 3 aromatic rings. The smallest absolute Gasteiger partial charge is 0.340 e. The first-order chi connectivity index (χ1) is 20.4. The number of aromatic nitrogens is 1. The highest BCUT2D eigenvalue weighted by Gasteiger charge is 2.39. The van der Waals surface area contributed by atoms with Gasteiger partial charge in [-0.3, -0.25) is 19.7 Å². The van der Waals surface area contributed by atoms with Gasteiger partial charge in [-0.2, -0.15) is 8.42 Å². The quantitative estimate of drug-likeness (QED) is 0.206. The minimum atomic E-state index is -4.48. The van der Waals surface area contributed by atoms with E-state index in [0.717, 1.165) is 42.1 Å². The number of nitrogens with zero attached hydrogens (tertiary/aromatic N) is 5. The van der Waals surface area contributed by atoms with Crippen molar-refractivity contribution in [3.8, 4) is 0 Å². The average molecular weight is 647 g/mol. The van der Waals surface area contributed by atoms with Gasteiger partial charge in [0.25, 0.3) is 11.6 Å². The van der Waals surface area contributed by atoms with E-state index in [-0.39, 0.29) is 56.9 Å². The summed E-state index contributed by atoms with van der Waals surface area (Å²) in [6.07, 6.45) is 2.87. The number of hydrogen-bond acceptors (Lipinski definition) is 10. The van der Waals surface area contributed by atoms with E-state index in [4.69, 9.17) is 27.4 Å². The van der Waals surface area contributed by atoms with Crippen molar-refractivity contribution in [3.05, 3.63) is 86.0 Å². The van der Waals surface area contributed by atoms with Crippen LogP contribution >= 0.6 is 23.2 Å². The summed E-state index contributed by atoms with van der Waals surface area (Å²) in [7, 11) is -2.79. The van der Waals surface area contributed by atoms with Crippen molar-refractivity contribution < 1.29 is 27.1 Å². The number of amides is 2. The molecular formula is C27H24Cl2N6O7S. The molecule has 2 amide bonds. The number of nitro benzene ring substituents is 1. The molecule has 2 heterocycles. The summed E-state index contributed by atoms with van der Waals surface area (Å²) in [5, 5.41) is 19.5. The highest BCUT2D eigenvalue weighted by Crippen LogP contribution is 2.34. The third kappa shape index (κ3) is 6.40. The molecule has 1 aliphatic carbocycles. The largest absolute Gasteiger partial charge is 0.361 e. The van der Waals surface area contributed by atoms with Crippen LogP contribution < -0.4 is 10.3 Å². The number of aryl methyl sites for hydroxylation is 1. The van der Waals surface area contributed by atoms with E-state index in [1.807, 2.05) is 0 Å². The molecule has 0 spiro atoms. The Labute approximate surface area is 256 Å². The third-order valence-corrected chi connectivity index (χ3v) is 8.65. The molecule has 2 aliphatic rings. The molecule has 5 rings (SSSR count). The van der Waals surface area contributed by atoms with E-state index in [9.17, 15) is 28.1 Å². The third-order valence-electron chi connectivity index (χ3n) is 6.88. The number of anilines is 2. The maximum atomic E-state index is 13.8. The lowest BCUT2D eigenvalue weighted by Crippen LogP contribution is -2.40. The fraction of sp³-hybridized carbons (Fsp3) is 0.259. The predicted molar refractivity (Wildman–Crippen MR) is 159 cm³/mol. The predicted octanol–water partition coefficient (Wildman–Crippen LogP) is 4.78. The van der Waals surface area contributed by atoms with E-state index >= 15 is 0 Å². The summed E-state index contributed by atoms with van der Waals surface area (Å²) >= 11 is 12.6. The van der Waals surface area contributed by atoms with Crippen LogP contribution in [-0.2, 0) is 19.1 Å². The van der Waals surface area contributed by atoms with E-state index in [2.05, 4.69) is 15.4 Å². The fourth-order valence-corrected chi connectivity index (χ4v) is 5.89. The van der Waals surface area contributed by atoms with Crippen LogP contribution in [0, 0.1) is 17.0 Å². The van der Waals surface area contributed by atoms with Gasteiger partial charge in [0.2, 0.25) is 11.8 Å². The van der Waals surface area contributed by atoms with Crippen molar-refractivity contribution in [2.75, 3.05) is 17.4 Å². The number of non-ortho nitro benzene ring substituents is 1. The van der Waals surface area contributed by atoms with Crippen LogP contribution in [-0.4, -0.2) is 60.1 Å². The summed E-state index contributed by atoms with van der Waals surface area (Å²) in [4.78, 5) is 42.9. The molecule has 1 aliphatic heterocycles. The number of hydrogen-bond donors (Lipinski definition) is 1. The Morgan fingerprint density at radius 1 is 1.16 bits per heavy atom. The number of nitrogens with one attached hydrogen (secondary N) is 1. The van der Waals surface area contributed by atoms with Crippen LogP contribution in [0.5, 0.6) is 0 Å². The highest BCUT2D eigenvalue weighted by molar-refractivity contribution is 7.87. The molecule has 43 heavy (non-hydrogen) atoms. The minimum Gasteiger partial charge on any atom is -0.361 e. The Morgan fingerprint density at radius 3 is 2.49 bits per heavy atom. The monoisotopic (exact) mass is 646 g/mol. The van der Waals surface area contributed by atoms with E-state index in [1.54, 1.807) is 31.0 Å². The first-order valence-corrected chi connectivity index (χ1v) is 15.1. The number of halogens is 2. The van der Waals surface area contributed by atoms with Crippen LogP contribution in [0.4, 0.5) is 17.2 Å². The van der Waals surface area contributed by atoms with Crippen molar-refractivity contribution in [3.63, 3.8) is 0 Å². The van der Waals surface area contributed by atoms with Gasteiger partial charge in [0.05, 0.1) is 27.6 Å². The molecule has 1 atom stereocenters. The fourth-order valence-electron chi connectivity index (χ4n) is 4.49. The van der Waals surface area contributed by atoms with Crippen molar-refractivity contribution in [2.24, 2.45) is 5.10 Å². The van der Waals surface area contributed by atoms with Crippen LogP contribution in [0.15, 0.2) is 64.7 Å². The molecule has 0 saturated heterocycles. The second-order valence-corrected chi connectivity index (χ2v) is 12.3. The maximum absolute atomic E-state index is 13.8. The second-order valence-electron chi connectivity index (χ2n) is 9.94. The molecule has 224 valence electrons. The molecule has 1 N–H and O–H groups in total. The second kappa shape index (κ2) is 11.8. The maximum Gasteiger partial charge on any atom is 0.340 e. The van der Waals surface area contributed by atoms with Gasteiger partial charge in [-0.1, -0.05) is 23.2 Å². The van der Waals surface area contributed by atoms with Gasteiger partial charge < -0.3 is 14.4 Å². The molecule has 1 fully saturated rings. The van der Waals surface area contributed by atoms with Crippen LogP contribution in [0.1, 0.15) is 35.2 Å². The van der Waals surface area contributed by atoms with Crippen LogP contribution in [0.25, 0.3) is 0 Å². The molecule has 0 radical (unpaired) electrons. The lowest BCUT2D eigenvalue weighted by molar-refractivity contribution is -0.384. The zero-order valence-corrected chi connectivity index (χ0v) is 25.1. The van der Waals surface area contributed by atoms with Crippen molar-refractivity contribution in [1.29, 1.82) is 0 Å². The number of hydrazone groups is 1. The summed E-state index contributed by atoms with van der Waals surface area (Å²) in [5.74, 6) is -1.25. The molecule has 1 aromatic heterocycles. The van der Waals surface area contributed by atoms with Crippen molar-refractivity contribution in [2.45, 2.75) is 43.2 Å². The summed E-state index contributed by atoms with van der Waals surface area (Å²) in [6, 6.07) is 9.21. The van der Waals surface area contributed by atoms with Crippen LogP contribution in [0.3, 0.4) is 0 Å². The number of pyridine rings is 1. The molecule has 1 saturated carbocycles. The van der Waals surface area contributed by atoms with Gasteiger partial charge in [0.1, 0.15) is 10.9 Å². The number of nitro groups is 1. The standard InChI is InChI=1S/C27H24Cl2N6O7S/c1-15-12-16(28)13-20(27(37)33(2)17-5-6-17)24(15)31-26(36)22-14-23(32-34(22)25-21(29)4-3-11-30-25)42-43(40,41)19-9-7-18(8-10-19)35(38)39/h3-4,7-13,17,22H,5-6,14H2,1-2H3,(H,31,36). The Hall–Kier alpha value is -4.27. The van der Waals surface area contributed by atoms with Crippen molar-refractivity contribution >= 4 is 68.2 Å². The first-order valence-electron chi connectivity index (χ1n) is 12.9. The SMILES string of the molecule is Cc1cc(Cl)cc(C(=O)N(C)C2CC2)c1NC(=O)C1CC(OS(=O)(=O)c2ccc([N+](=O)[O-])cc2)=NN1c1ncccc1Cl. The van der Waals surface area contributed by atoms with E-state index < -0.39 is 27.0 Å². The summed E-state index contributed by atoms with van der Waals surface area (Å²) in [6.45, 7) is 1.69. The lowest BCUT2D eigenvalue weighted by atomic mass is 10.1. The number of benzene rings is 2.